The van der Waals surface area contributed by atoms with E-state index in [4.69, 9.17) is 9.47 Å². The average Bonchev–Trinajstić information content (AvgIpc) is 2.69. The fourth-order valence-corrected chi connectivity index (χ4v) is 3.16. The van der Waals surface area contributed by atoms with Gasteiger partial charge in [0.25, 0.3) is 5.91 Å². The summed E-state index contributed by atoms with van der Waals surface area (Å²) in [5.74, 6) is 0.0141. The first-order chi connectivity index (χ1) is 12.7. The summed E-state index contributed by atoms with van der Waals surface area (Å²) >= 11 is 0. The fraction of sp³-hybridized carbons (Fsp3) is 0.381. The van der Waals surface area contributed by atoms with Crippen LogP contribution in [0.3, 0.4) is 0 Å². The molecule has 0 radical (unpaired) electrons. The van der Waals surface area contributed by atoms with Crippen LogP contribution in [0.25, 0.3) is 0 Å². The number of anilines is 1. The van der Waals surface area contributed by atoms with Gasteiger partial charge >= 0.3 is 0 Å². The number of amides is 1. The van der Waals surface area contributed by atoms with Gasteiger partial charge in [0.05, 0.1) is 19.8 Å². The Labute approximate surface area is 155 Å². The lowest BCUT2D eigenvalue weighted by Gasteiger charge is -2.29. The summed E-state index contributed by atoms with van der Waals surface area (Å²) < 4.78 is 10.5. The van der Waals surface area contributed by atoms with Crippen LogP contribution in [0.5, 0.6) is 0 Å². The van der Waals surface area contributed by atoms with Crippen molar-refractivity contribution in [3.63, 3.8) is 0 Å². The van der Waals surface area contributed by atoms with Crippen molar-refractivity contribution in [2.24, 2.45) is 0 Å². The van der Waals surface area contributed by atoms with Crippen LogP contribution in [-0.2, 0) is 22.6 Å². The molecule has 0 saturated carbocycles. The number of rotatable bonds is 6. The molecule has 0 bridgehead atoms. The highest BCUT2D eigenvalue weighted by Gasteiger charge is 2.14. The second-order valence-electron chi connectivity index (χ2n) is 6.56. The standard InChI is InChI=1S/C21H26N2O3/c1-22(21(24)19-5-3-4-18(14-19)16-25-2)15-17-6-8-20(9-7-17)23-10-12-26-13-11-23/h3-9,14H,10-13,15-16H2,1-2H3. The molecule has 0 aliphatic carbocycles. The van der Waals surface area contributed by atoms with E-state index < -0.39 is 0 Å². The molecule has 1 amide bonds. The van der Waals surface area contributed by atoms with Gasteiger partial charge in [0.15, 0.2) is 0 Å². The van der Waals surface area contributed by atoms with Crippen LogP contribution in [-0.4, -0.2) is 51.3 Å². The first-order valence-electron chi connectivity index (χ1n) is 8.92. The highest BCUT2D eigenvalue weighted by molar-refractivity contribution is 5.94. The molecule has 0 N–H and O–H groups in total. The molecule has 1 aliphatic rings. The maximum Gasteiger partial charge on any atom is 0.253 e. The third kappa shape index (κ3) is 4.62. The van der Waals surface area contributed by atoms with Gasteiger partial charge in [-0.1, -0.05) is 24.3 Å². The molecule has 0 spiro atoms. The molecule has 5 nitrogen and oxygen atoms in total. The van der Waals surface area contributed by atoms with E-state index in [-0.39, 0.29) is 5.91 Å². The average molecular weight is 354 g/mol. The highest BCUT2D eigenvalue weighted by Crippen LogP contribution is 2.18. The molecule has 138 valence electrons. The summed E-state index contributed by atoms with van der Waals surface area (Å²) in [7, 11) is 3.49. The van der Waals surface area contributed by atoms with Crippen molar-refractivity contribution in [1.29, 1.82) is 0 Å². The third-order valence-corrected chi connectivity index (χ3v) is 4.56. The lowest BCUT2D eigenvalue weighted by atomic mass is 10.1. The second-order valence-corrected chi connectivity index (χ2v) is 6.56. The minimum absolute atomic E-state index is 0.0141. The van der Waals surface area contributed by atoms with Gasteiger partial charge < -0.3 is 19.3 Å². The van der Waals surface area contributed by atoms with Crippen molar-refractivity contribution in [3.05, 3.63) is 65.2 Å². The van der Waals surface area contributed by atoms with Crippen LogP contribution in [0.1, 0.15) is 21.5 Å². The van der Waals surface area contributed by atoms with E-state index in [2.05, 4.69) is 29.2 Å². The SMILES string of the molecule is COCc1cccc(C(=O)N(C)Cc2ccc(N3CCOCC3)cc2)c1. The van der Waals surface area contributed by atoms with Crippen molar-refractivity contribution in [2.75, 3.05) is 45.4 Å². The van der Waals surface area contributed by atoms with E-state index in [1.54, 1.807) is 12.0 Å². The van der Waals surface area contributed by atoms with Gasteiger partial charge in [0.2, 0.25) is 0 Å². The van der Waals surface area contributed by atoms with Gasteiger partial charge in [-0.05, 0) is 35.4 Å². The van der Waals surface area contributed by atoms with Gasteiger partial charge in [-0.2, -0.15) is 0 Å². The molecule has 5 heteroatoms. The molecule has 2 aromatic carbocycles. The fourth-order valence-electron chi connectivity index (χ4n) is 3.16. The van der Waals surface area contributed by atoms with Gasteiger partial charge in [-0.25, -0.2) is 0 Å². The van der Waals surface area contributed by atoms with E-state index in [0.717, 1.165) is 37.4 Å². The van der Waals surface area contributed by atoms with Crippen molar-refractivity contribution < 1.29 is 14.3 Å². The summed E-state index contributed by atoms with van der Waals surface area (Å²) in [5.41, 5.74) is 4.01. The van der Waals surface area contributed by atoms with Gasteiger partial charge in [-0.3, -0.25) is 4.79 Å². The van der Waals surface area contributed by atoms with Crippen molar-refractivity contribution in [3.8, 4) is 0 Å². The summed E-state index contributed by atoms with van der Waals surface area (Å²) in [6, 6.07) is 16.0. The van der Waals surface area contributed by atoms with Crippen LogP contribution < -0.4 is 4.90 Å². The quantitative estimate of drug-likeness (QED) is 0.800. The Morgan fingerprint density at radius 3 is 2.54 bits per heavy atom. The molecule has 1 aliphatic heterocycles. The van der Waals surface area contributed by atoms with E-state index >= 15 is 0 Å². The molecule has 3 rings (SSSR count). The lowest BCUT2D eigenvalue weighted by Crippen LogP contribution is -2.36. The number of benzene rings is 2. The summed E-state index contributed by atoms with van der Waals surface area (Å²) in [6.45, 7) is 4.50. The zero-order chi connectivity index (χ0) is 18.4. The molecule has 0 unspecified atom stereocenters. The topological polar surface area (TPSA) is 42.0 Å². The molecule has 0 atom stereocenters. The van der Waals surface area contributed by atoms with Crippen LogP contribution >= 0.6 is 0 Å². The Morgan fingerprint density at radius 1 is 1.12 bits per heavy atom. The summed E-state index contributed by atoms with van der Waals surface area (Å²) in [5, 5.41) is 0. The Morgan fingerprint density at radius 2 is 1.85 bits per heavy atom. The Kier molecular flexibility index (Phi) is 6.26. The maximum atomic E-state index is 12.7. The largest absolute Gasteiger partial charge is 0.380 e. The number of methoxy groups -OCH3 is 1. The van der Waals surface area contributed by atoms with E-state index in [9.17, 15) is 4.79 Å². The molecule has 0 aromatic heterocycles. The van der Waals surface area contributed by atoms with Gasteiger partial charge in [0, 0.05) is 45.0 Å². The van der Waals surface area contributed by atoms with Gasteiger partial charge in [0.1, 0.15) is 0 Å². The number of hydrogen-bond donors (Lipinski definition) is 0. The van der Waals surface area contributed by atoms with E-state index in [1.165, 1.54) is 5.69 Å². The van der Waals surface area contributed by atoms with Crippen molar-refractivity contribution in [1.82, 2.24) is 4.90 Å². The number of carbonyl (C=O) groups excluding carboxylic acids is 1. The normalized spacial score (nSPS) is 14.3. The molecule has 1 heterocycles. The monoisotopic (exact) mass is 354 g/mol. The number of ether oxygens (including phenoxy) is 2. The molecule has 1 fully saturated rings. The second kappa shape index (κ2) is 8.83. The smallest absolute Gasteiger partial charge is 0.253 e. The molecular weight excluding hydrogens is 328 g/mol. The predicted octanol–water partition coefficient (Wildman–Crippen LogP) is 2.94. The first kappa shape index (κ1) is 18.4. The zero-order valence-corrected chi connectivity index (χ0v) is 15.5. The molecule has 1 saturated heterocycles. The minimum Gasteiger partial charge on any atom is -0.380 e. The maximum absolute atomic E-state index is 12.7. The van der Waals surface area contributed by atoms with Crippen LogP contribution in [0.4, 0.5) is 5.69 Å². The van der Waals surface area contributed by atoms with Crippen LogP contribution in [0, 0.1) is 0 Å². The molecule has 26 heavy (non-hydrogen) atoms. The minimum atomic E-state index is 0.0141. The third-order valence-electron chi connectivity index (χ3n) is 4.56. The number of morpholine rings is 1. The molecular formula is C21H26N2O3. The lowest BCUT2D eigenvalue weighted by molar-refractivity contribution is 0.0784. The van der Waals surface area contributed by atoms with Crippen molar-refractivity contribution >= 4 is 11.6 Å². The zero-order valence-electron chi connectivity index (χ0n) is 15.5. The highest BCUT2D eigenvalue weighted by atomic mass is 16.5. The van der Waals surface area contributed by atoms with Crippen LogP contribution in [0.2, 0.25) is 0 Å². The summed E-state index contributed by atoms with van der Waals surface area (Å²) in [4.78, 5) is 16.8. The number of carbonyl (C=O) groups is 1. The first-order valence-corrected chi connectivity index (χ1v) is 8.92. The molecule has 2 aromatic rings. The number of nitrogens with zero attached hydrogens (tertiary/aromatic N) is 2. The Bertz CT molecular complexity index is 724. The van der Waals surface area contributed by atoms with Crippen LogP contribution in [0.15, 0.2) is 48.5 Å². The summed E-state index contributed by atoms with van der Waals surface area (Å²) in [6.07, 6.45) is 0. The van der Waals surface area contributed by atoms with E-state index in [1.807, 2.05) is 31.3 Å². The van der Waals surface area contributed by atoms with E-state index in [0.29, 0.717) is 18.7 Å². The Hall–Kier alpha value is -2.37. The van der Waals surface area contributed by atoms with Crippen molar-refractivity contribution in [2.45, 2.75) is 13.2 Å². The number of hydrogen-bond acceptors (Lipinski definition) is 4. The predicted molar refractivity (Wildman–Crippen MR) is 102 cm³/mol. The Balaban J connectivity index is 1.62. The van der Waals surface area contributed by atoms with Gasteiger partial charge in [-0.15, -0.1) is 0 Å².